The first kappa shape index (κ1) is 12.7. The number of aliphatic hydroxyl groups excluding tert-OH is 1. The normalized spacial score (nSPS) is 11.2. The largest absolute Gasteiger partial charge is 0.364 e. The summed E-state index contributed by atoms with van der Waals surface area (Å²) in [6.07, 6.45) is -1.11. The lowest BCUT2D eigenvalue weighted by Crippen LogP contribution is -2.01. The minimum Gasteiger partial charge on any atom is -0.364 e. The van der Waals surface area contributed by atoms with Crippen LogP contribution in [0.25, 0.3) is 0 Å². The Labute approximate surface area is 104 Å². The monoisotopic (exact) mass is 250 g/mol. The van der Waals surface area contributed by atoms with Crippen LogP contribution in [0.1, 0.15) is 28.8 Å². The van der Waals surface area contributed by atoms with Crippen molar-refractivity contribution in [2.45, 2.75) is 19.6 Å². The van der Waals surface area contributed by atoms with Gasteiger partial charge in [0.25, 0.3) is 0 Å². The summed E-state index contributed by atoms with van der Waals surface area (Å²) in [6.45, 7) is 1.77. The van der Waals surface area contributed by atoms with Gasteiger partial charge in [0.15, 0.2) is 6.29 Å². The summed E-state index contributed by atoms with van der Waals surface area (Å²) in [5, 5.41) is 23.0. The van der Waals surface area contributed by atoms with E-state index >= 15 is 0 Å². The highest BCUT2D eigenvalue weighted by atomic mass is 19.1. The molecule has 0 fully saturated rings. The molecular weight excluding hydrogens is 235 g/mol. The van der Waals surface area contributed by atoms with Gasteiger partial charge in [-0.05, 0) is 24.6 Å². The molecule has 1 heterocycles. The molecule has 0 radical (unpaired) electrons. The Morgan fingerprint density at radius 3 is 2.44 bits per heavy atom. The fraction of sp³-hybridized carbons (Fsp3) is 0.308. The number of rotatable bonds is 3. The van der Waals surface area contributed by atoms with E-state index in [9.17, 15) is 14.6 Å². The first-order chi connectivity index (χ1) is 8.49. The zero-order chi connectivity index (χ0) is 13.3. The van der Waals surface area contributed by atoms with Gasteiger partial charge in [-0.25, -0.2) is 4.39 Å². The summed E-state index contributed by atoms with van der Waals surface area (Å²) in [4.78, 5) is 0. The van der Waals surface area contributed by atoms with E-state index in [0.29, 0.717) is 23.4 Å². The Bertz CT molecular complexity index is 547. The Morgan fingerprint density at radius 2 is 1.89 bits per heavy atom. The highest BCUT2D eigenvalue weighted by Crippen LogP contribution is 2.22. The number of aliphatic hydroxyl groups is 2. The maximum atomic E-state index is 12.8. The second-order valence-corrected chi connectivity index (χ2v) is 4.25. The molecule has 4 nitrogen and oxygen atoms in total. The van der Waals surface area contributed by atoms with Crippen LogP contribution in [0.3, 0.4) is 0 Å². The van der Waals surface area contributed by atoms with Gasteiger partial charge < -0.3 is 10.2 Å². The van der Waals surface area contributed by atoms with Crippen LogP contribution < -0.4 is 0 Å². The van der Waals surface area contributed by atoms with Crippen molar-refractivity contribution >= 4 is 0 Å². The molecule has 0 bridgehead atoms. The topological polar surface area (TPSA) is 58.3 Å². The SMILES string of the molecule is Cc1c(C(O)O)c(Cc2ccc(F)cc2)nn1C. The van der Waals surface area contributed by atoms with Gasteiger partial charge in [-0.15, -0.1) is 0 Å². The van der Waals surface area contributed by atoms with Crippen LogP contribution in [0, 0.1) is 12.7 Å². The first-order valence-electron chi connectivity index (χ1n) is 5.62. The van der Waals surface area contributed by atoms with Gasteiger partial charge in [0, 0.05) is 19.2 Å². The standard InChI is InChI=1S/C13H15FN2O2/c1-8-12(13(17)18)11(15-16(8)2)7-9-3-5-10(14)6-4-9/h3-6,13,17-18H,7H2,1-2H3. The van der Waals surface area contributed by atoms with Crippen LogP contribution in [0.4, 0.5) is 4.39 Å². The van der Waals surface area contributed by atoms with Crippen molar-refractivity contribution in [3.63, 3.8) is 0 Å². The Hall–Kier alpha value is -1.72. The number of aryl methyl sites for hydroxylation is 1. The summed E-state index contributed by atoms with van der Waals surface area (Å²) in [5.41, 5.74) is 2.59. The fourth-order valence-electron chi connectivity index (χ4n) is 1.96. The third kappa shape index (κ3) is 2.42. The maximum absolute atomic E-state index is 12.8. The zero-order valence-electron chi connectivity index (χ0n) is 10.3. The van der Waals surface area contributed by atoms with Crippen molar-refractivity contribution in [2.75, 3.05) is 0 Å². The lowest BCUT2D eigenvalue weighted by molar-refractivity contribution is -0.0435. The fourth-order valence-corrected chi connectivity index (χ4v) is 1.96. The molecule has 2 aromatic rings. The minimum atomic E-state index is -1.55. The van der Waals surface area contributed by atoms with Crippen molar-refractivity contribution in [3.8, 4) is 0 Å². The number of benzene rings is 1. The molecule has 0 aliphatic rings. The van der Waals surface area contributed by atoms with E-state index in [4.69, 9.17) is 0 Å². The summed E-state index contributed by atoms with van der Waals surface area (Å²) < 4.78 is 14.4. The Morgan fingerprint density at radius 1 is 1.28 bits per heavy atom. The summed E-state index contributed by atoms with van der Waals surface area (Å²) in [6, 6.07) is 6.07. The Kier molecular flexibility index (Phi) is 3.45. The highest BCUT2D eigenvalue weighted by molar-refractivity contribution is 5.31. The smallest absolute Gasteiger partial charge is 0.182 e. The van der Waals surface area contributed by atoms with Crippen LogP contribution in [-0.4, -0.2) is 20.0 Å². The van der Waals surface area contributed by atoms with Crippen molar-refractivity contribution in [1.29, 1.82) is 0 Å². The van der Waals surface area contributed by atoms with E-state index in [-0.39, 0.29) is 5.82 Å². The summed E-state index contributed by atoms with van der Waals surface area (Å²) in [5.74, 6) is -0.293. The maximum Gasteiger partial charge on any atom is 0.182 e. The second kappa shape index (κ2) is 4.88. The van der Waals surface area contributed by atoms with Crippen LogP contribution in [-0.2, 0) is 13.5 Å². The van der Waals surface area contributed by atoms with E-state index < -0.39 is 6.29 Å². The van der Waals surface area contributed by atoms with Crippen molar-refractivity contribution in [2.24, 2.45) is 7.05 Å². The molecule has 0 amide bonds. The average Bonchev–Trinajstić information content (AvgIpc) is 2.58. The zero-order valence-corrected chi connectivity index (χ0v) is 10.3. The lowest BCUT2D eigenvalue weighted by Gasteiger charge is -2.06. The molecule has 18 heavy (non-hydrogen) atoms. The van der Waals surface area contributed by atoms with Crippen molar-refractivity contribution in [3.05, 3.63) is 52.6 Å². The van der Waals surface area contributed by atoms with Gasteiger partial charge in [0.05, 0.1) is 11.3 Å². The van der Waals surface area contributed by atoms with Gasteiger partial charge in [-0.3, -0.25) is 4.68 Å². The molecule has 2 rings (SSSR count). The molecule has 0 aliphatic carbocycles. The molecule has 96 valence electrons. The number of nitrogens with zero attached hydrogens (tertiary/aromatic N) is 2. The van der Waals surface area contributed by atoms with Gasteiger partial charge in [0.2, 0.25) is 0 Å². The predicted molar refractivity (Wildman–Crippen MR) is 64.3 cm³/mol. The quantitative estimate of drug-likeness (QED) is 0.810. The molecular formula is C13H15FN2O2. The van der Waals surface area contributed by atoms with E-state index in [1.54, 1.807) is 30.8 Å². The summed E-state index contributed by atoms with van der Waals surface area (Å²) in [7, 11) is 1.75. The molecule has 0 atom stereocenters. The third-order valence-electron chi connectivity index (χ3n) is 3.00. The number of halogens is 1. The molecule has 0 aliphatic heterocycles. The molecule has 0 unspecified atom stereocenters. The third-order valence-corrected chi connectivity index (χ3v) is 3.00. The number of hydrogen-bond acceptors (Lipinski definition) is 3. The van der Waals surface area contributed by atoms with Gasteiger partial charge in [-0.1, -0.05) is 12.1 Å². The van der Waals surface area contributed by atoms with Gasteiger partial charge in [-0.2, -0.15) is 5.10 Å². The van der Waals surface area contributed by atoms with Gasteiger partial charge >= 0.3 is 0 Å². The van der Waals surface area contributed by atoms with E-state index in [1.807, 2.05) is 0 Å². The first-order valence-corrected chi connectivity index (χ1v) is 5.62. The summed E-state index contributed by atoms with van der Waals surface area (Å²) >= 11 is 0. The molecule has 0 spiro atoms. The Balaban J connectivity index is 2.34. The van der Waals surface area contributed by atoms with Crippen LogP contribution in [0.2, 0.25) is 0 Å². The second-order valence-electron chi connectivity index (χ2n) is 4.25. The molecule has 1 aromatic heterocycles. The van der Waals surface area contributed by atoms with E-state index in [1.165, 1.54) is 12.1 Å². The average molecular weight is 250 g/mol. The molecule has 2 N–H and O–H groups in total. The lowest BCUT2D eigenvalue weighted by atomic mass is 10.1. The number of hydrogen-bond donors (Lipinski definition) is 2. The minimum absolute atomic E-state index is 0.293. The van der Waals surface area contributed by atoms with E-state index in [0.717, 1.165) is 5.56 Å². The molecule has 1 aromatic carbocycles. The molecule has 0 saturated heterocycles. The van der Waals surface area contributed by atoms with Crippen LogP contribution >= 0.6 is 0 Å². The van der Waals surface area contributed by atoms with Crippen LogP contribution in [0.5, 0.6) is 0 Å². The number of aromatic nitrogens is 2. The predicted octanol–water partition coefficient (Wildman–Crippen LogP) is 1.44. The highest BCUT2D eigenvalue weighted by Gasteiger charge is 2.18. The molecule has 0 saturated carbocycles. The van der Waals surface area contributed by atoms with E-state index in [2.05, 4.69) is 5.10 Å². The van der Waals surface area contributed by atoms with Crippen LogP contribution in [0.15, 0.2) is 24.3 Å². The molecule has 5 heteroatoms. The van der Waals surface area contributed by atoms with Gasteiger partial charge in [0.1, 0.15) is 5.82 Å². The van der Waals surface area contributed by atoms with Crippen molar-refractivity contribution < 1.29 is 14.6 Å². The van der Waals surface area contributed by atoms with Crippen molar-refractivity contribution in [1.82, 2.24) is 9.78 Å².